The van der Waals surface area contributed by atoms with E-state index in [0.29, 0.717) is 24.2 Å². The number of fused-ring (bicyclic) bond motifs is 4. The van der Waals surface area contributed by atoms with Crippen molar-refractivity contribution in [1.82, 2.24) is 14.9 Å². The van der Waals surface area contributed by atoms with E-state index in [0.717, 1.165) is 28.5 Å². The van der Waals surface area contributed by atoms with Crippen LogP contribution in [-0.4, -0.2) is 49.8 Å². The Morgan fingerprint density at radius 2 is 2.06 bits per heavy atom. The van der Waals surface area contributed by atoms with Gasteiger partial charge in [-0.25, -0.2) is 4.98 Å². The minimum atomic E-state index is -1.71. The van der Waals surface area contributed by atoms with Crippen LogP contribution in [-0.2, 0) is 44.2 Å². The van der Waals surface area contributed by atoms with Crippen molar-refractivity contribution in [3.05, 3.63) is 62.9 Å². The number of aldehydes is 1. The van der Waals surface area contributed by atoms with Crippen molar-refractivity contribution >= 4 is 31.0 Å². The van der Waals surface area contributed by atoms with Crippen LogP contribution in [0.3, 0.4) is 0 Å². The maximum atomic E-state index is 13.7. The molecule has 2 aromatic heterocycles. The van der Waals surface area contributed by atoms with Crippen LogP contribution < -0.4 is 10.9 Å². The molecule has 0 saturated heterocycles. The van der Waals surface area contributed by atoms with E-state index in [4.69, 9.17) is 22.3 Å². The van der Waals surface area contributed by atoms with Gasteiger partial charge in [-0.2, -0.15) is 0 Å². The first-order valence-electron chi connectivity index (χ1n) is 11.6. The summed E-state index contributed by atoms with van der Waals surface area (Å²) in [6.07, 6.45) is 1.44. The number of nitrogens with zero attached hydrogens (tertiary/aromatic N) is 2. The van der Waals surface area contributed by atoms with Gasteiger partial charge in [-0.05, 0) is 37.6 Å². The predicted molar refractivity (Wildman–Crippen MR) is 133 cm³/mol. The van der Waals surface area contributed by atoms with Gasteiger partial charge in [-0.15, -0.1) is 0 Å². The van der Waals surface area contributed by atoms with Crippen LogP contribution in [0.4, 0.5) is 0 Å². The fraction of sp³-hybridized carbons (Fsp3) is 0.385. The van der Waals surface area contributed by atoms with Gasteiger partial charge in [0, 0.05) is 23.6 Å². The summed E-state index contributed by atoms with van der Waals surface area (Å²) in [5, 5.41) is 3.66. The summed E-state index contributed by atoms with van der Waals surface area (Å²) in [6.45, 7) is 4.11. The number of ether oxygens (including phenoxy) is 2. The molecule has 0 aliphatic carbocycles. The average Bonchev–Trinajstić information content (AvgIpc) is 3.25. The minimum Gasteiger partial charge on any atom is -0.446 e. The highest BCUT2D eigenvalue weighted by molar-refractivity contribution is 6.22. The van der Waals surface area contributed by atoms with Gasteiger partial charge in [-0.3, -0.25) is 14.4 Å². The zero-order chi connectivity index (χ0) is 25.3. The Morgan fingerprint density at radius 1 is 1.31 bits per heavy atom. The van der Waals surface area contributed by atoms with E-state index in [1.165, 1.54) is 14.2 Å². The van der Waals surface area contributed by atoms with E-state index >= 15 is 0 Å². The molecule has 0 fully saturated rings. The summed E-state index contributed by atoms with van der Waals surface area (Å²) >= 11 is 0. The van der Waals surface area contributed by atoms with Crippen molar-refractivity contribution in [2.75, 3.05) is 14.2 Å². The Hall–Kier alpha value is -3.30. The molecule has 1 N–H and O–H groups in total. The molecule has 3 heterocycles. The summed E-state index contributed by atoms with van der Waals surface area (Å²) in [7, 11) is 8.75. The number of hydrogen-bond acceptors (Lipinski definition) is 7. The first kappa shape index (κ1) is 24.8. The summed E-state index contributed by atoms with van der Waals surface area (Å²) < 4.78 is 12.6. The molecule has 1 aliphatic heterocycles. The Bertz CT molecular complexity index is 1370. The van der Waals surface area contributed by atoms with E-state index in [1.807, 2.05) is 24.3 Å². The standard InChI is InChI=1S/C26H28BN3O5/c1-5-15-16-9-7-8-10-20(16)29-22-17(15)12-30-21(22)11-19(18(13-34-4)24(30)32)26(6-2,14-31)35-25(33)23(27)28-3/h7-11,14,23,28H,5-6,12-13H2,1-4H3. The van der Waals surface area contributed by atoms with Crippen molar-refractivity contribution in [1.29, 1.82) is 0 Å². The molecule has 0 spiro atoms. The van der Waals surface area contributed by atoms with Gasteiger partial charge in [-0.1, -0.05) is 32.0 Å². The van der Waals surface area contributed by atoms with Crippen LogP contribution in [0.25, 0.3) is 22.3 Å². The largest absolute Gasteiger partial charge is 0.446 e. The van der Waals surface area contributed by atoms with E-state index in [1.54, 1.807) is 17.6 Å². The number of aryl methyl sites for hydroxylation is 1. The lowest BCUT2D eigenvalue weighted by Gasteiger charge is -2.31. The van der Waals surface area contributed by atoms with Crippen LogP contribution in [0.2, 0.25) is 0 Å². The first-order chi connectivity index (χ1) is 16.8. The van der Waals surface area contributed by atoms with E-state index in [9.17, 15) is 14.4 Å². The van der Waals surface area contributed by atoms with Gasteiger partial charge >= 0.3 is 5.97 Å². The summed E-state index contributed by atoms with van der Waals surface area (Å²) in [4.78, 5) is 43.7. The van der Waals surface area contributed by atoms with Gasteiger partial charge in [0.2, 0.25) is 0 Å². The number of methoxy groups -OCH3 is 1. The Morgan fingerprint density at radius 3 is 2.69 bits per heavy atom. The van der Waals surface area contributed by atoms with E-state index < -0.39 is 17.5 Å². The number of nitrogens with one attached hydrogen (secondary N) is 1. The quantitative estimate of drug-likeness (QED) is 0.226. The molecule has 4 rings (SSSR count). The molecule has 8 nitrogen and oxygen atoms in total. The first-order valence-corrected chi connectivity index (χ1v) is 11.6. The molecule has 35 heavy (non-hydrogen) atoms. The molecule has 0 saturated carbocycles. The molecular formula is C26H28BN3O5. The van der Waals surface area contributed by atoms with Gasteiger partial charge in [0.15, 0.2) is 11.9 Å². The number of esters is 1. The molecule has 2 radical (unpaired) electrons. The number of carbonyl (C=O) groups is 2. The van der Waals surface area contributed by atoms with E-state index in [2.05, 4.69) is 12.2 Å². The van der Waals surface area contributed by atoms with Crippen molar-refractivity contribution in [3.63, 3.8) is 0 Å². The predicted octanol–water partition coefficient (Wildman–Crippen LogP) is 2.20. The second kappa shape index (κ2) is 9.75. The third kappa shape index (κ3) is 3.98. The molecule has 2 atom stereocenters. The molecule has 1 aromatic carbocycles. The van der Waals surface area contributed by atoms with Crippen molar-refractivity contribution < 1.29 is 19.1 Å². The molecule has 0 bridgehead atoms. The van der Waals surface area contributed by atoms with Crippen LogP contribution in [0, 0.1) is 0 Å². The fourth-order valence-corrected chi connectivity index (χ4v) is 4.82. The van der Waals surface area contributed by atoms with Crippen LogP contribution in [0.5, 0.6) is 0 Å². The van der Waals surface area contributed by atoms with Gasteiger partial charge in [0.25, 0.3) is 5.56 Å². The number of likely N-dealkylation sites (N-methyl/N-ethyl adjacent to an activating group) is 1. The summed E-state index contributed by atoms with van der Waals surface area (Å²) in [6, 6.07) is 9.61. The number of carbonyl (C=O) groups excluding carboxylic acids is 2. The van der Waals surface area contributed by atoms with Crippen molar-refractivity contribution in [3.8, 4) is 11.4 Å². The summed E-state index contributed by atoms with van der Waals surface area (Å²) in [5.74, 6) is -1.92. The number of hydrogen-bond donors (Lipinski definition) is 1. The van der Waals surface area contributed by atoms with Gasteiger partial charge in [0.1, 0.15) is 7.85 Å². The van der Waals surface area contributed by atoms with Crippen LogP contribution >= 0.6 is 0 Å². The topological polar surface area (TPSA) is 99.5 Å². The van der Waals surface area contributed by atoms with Crippen LogP contribution in [0.15, 0.2) is 35.1 Å². The van der Waals surface area contributed by atoms with Crippen molar-refractivity contribution in [2.45, 2.75) is 51.4 Å². The molecule has 2 unspecified atom stereocenters. The Kier molecular flexibility index (Phi) is 6.92. The Balaban J connectivity index is 2.00. The summed E-state index contributed by atoms with van der Waals surface area (Å²) in [5.41, 5.74) is 2.73. The van der Waals surface area contributed by atoms with Crippen LogP contribution in [0.1, 0.15) is 42.5 Å². The number of rotatable bonds is 9. The zero-order valence-electron chi connectivity index (χ0n) is 20.4. The normalized spacial score (nSPS) is 14.7. The third-order valence-electron chi connectivity index (χ3n) is 6.73. The van der Waals surface area contributed by atoms with Gasteiger partial charge in [0.05, 0.1) is 41.6 Å². The molecule has 0 amide bonds. The second-order valence-electron chi connectivity index (χ2n) is 8.58. The molecule has 1 aliphatic rings. The SMILES string of the molecule is [B]C(NC)C(=O)OC(C=O)(CC)c1cc2n(c(=O)c1COC)Cc1c-2nc2ccccc2c1CC. The number of aromatic nitrogens is 2. The van der Waals surface area contributed by atoms with Crippen molar-refractivity contribution in [2.24, 2.45) is 0 Å². The van der Waals surface area contributed by atoms with E-state index in [-0.39, 0.29) is 29.7 Å². The second-order valence-corrected chi connectivity index (χ2v) is 8.58. The van der Waals surface area contributed by atoms with Gasteiger partial charge < -0.3 is 19.4 Å². The molecule has 3 aromatic rings. The smallest absolute Gasteiger partial charge is 0.314 e. The minimum absolute atomic E-state index is 0.0496. The molecule has 9 heteroatoms. The lowest BCUT2D eigenvalue weighted by Crippen LogP contribution is -2.44. The lowest BCUT2D eigenvalue weighted by molar-refractivity contribution is -0.164. The highest BCUT2D eigenvalue weighted by atomic mass is 16.6. The maximum Gasteiger partial charge on any atom is 0.314 e. The number of pyridine rings is 2. The number of para-hydroxylation sites is 1. The molecule has 180 valence electrons. The average molecular weight is 473 g/mol. The fourth-order valence-electron chi connectivity index (χ4n) is 4.82. The molecular weight excluding hydrogens is 445 g/mol. The third-order valence-corrected chi connectivity index (χ3v) is 6.73. The highest BCUT2D eigenvalue weighted by Gasteiger charge is 2.40. The zero-order valence-corrected chi connectivity index (χ0v) is 20.4. The number of benzene rings is 1. The monoisotopic (exact) mass is 473 g/mol. The Labute approximate surface area is 205 Å². The highest BCUT2D eigenvalue weighted by Crippen LogP contribution is 2.39. The maximum absolute atomic E-state index is 13.7. The lowest BCUT2D eigenvalue weighted by atomic mass is 9.87.